The molecule has 4 rings (SSSR count). The van der Waals surface area contributed by atoms with Crippen LogP contribution in [0.25, 0.3) is 0 Å². The van der Waals surface area contributed by atoms with Gasteiger partial charge in [-0.2, -0.15) is 0 Å². The summed E-state index contributed by atoms with van der Waals surface area (Å²) in [5.74, 6) is 0.908. The van der Waals surface area contributed by atoms with Gasteiger partial charge in [0.05, 0.1) is 40.4 Å². The molecule has 8 nitrogen and oxygen atoms in total. The number of benzene rings is 3. The minimum absolute atomic E-state index is 0.128. The number of carbonyl (C=O) groups excluding carboxylic acids is 2. The third-order valence-electron chi connectivity index (χ3n) is 6.83. The third-order valence-corrected chi connectivity index (χ3v) is 6.83. The fraction of sp³-hybridized carbons (Fsp3) is 0.310. The van der Waals surface area contributed by atoms with Crippen molar-refractivity contribution in [3.8, 4) is 23.0 Å². The van der Waals surface area contributed by atoms with E-state index in [-0.39, 0.29) is 11.8 Å². The van der Waals surface area contributed by atoms with E-state index in [4.69, 9.17) is 18.9 Å². The van der Waals surface area contributed by atoms with Crippen LogP contribution in [0.15, 0.2) is 60.7 Å². The highest BCUT2D eigenvalue weighted by molar-refractivity contribution is 6.02. The highest BCUT2D eigenvalue weighted by atomic mass is 16.5. The van der Waals surface area contributed by atoms with Gasteiger partial charge in [-0.05, 0) is 41.0 Å². The number of amides is 2. The van der Waals surface area contributed by atoms with E-state index in [9.17, 15) is 9.59 Å². The zero-order chi connectivity index (χ0) is 26.7. The Morgan fingerprint density at radius 3 is 2.05 bits per heavy atom. The lowest BCUT2D eigenvalue weighted by molar-refractivity contribution is -0.133. The van der Waals surface area contributed by atoms with Crippen LogP contribution in [-0.4, -0.2) is 64.1 Å². The topological polar surface area (TPSA) is 77.5 Å². The maximum absolute atomic E-state index is 14.2. The van der Waals surface area contributed by atoms with Crippen molar-refractivity contribution in [3.05, 3.63) is 82.9 Å². The molecule has 1 aliphatic rings. The highest BCUT2D eigenvalue weighted by Gasteiger charge is 2.44. The number of methoxy groups -OCH3 is 4. The summed E-state index contributed by atoms with van der Waals surface area (Å²) in [7, 11) is 9.66. The molecule has 0 bridgehead atoms. The standard InChI is InChI=1S/C29H32N2O6/c1-30(17-18-10-8-7-9-11-18)29(33)26-20-15-24(36-5)25(37-6)16-21(20)28(32)31(2)27(26)19-12-13-22(34-3)23(14-19)35-4/h7-16,26-27H,17H2,1-6H3/t26-,27-/m0/s1. The SMILES string of the molecule is COc1ccc([C@H]2[C@@H](C(=O)N(C)Cc3ccccc3)c3cc(OC)c(OC)cc3C(=O)N2C)cc1OC. The smallest absolute Gasteiger partial charge is 0.254 e. The minimum atomic E-state index is -0.704. The number of hydrogen-bond donors (Lipinski definition) is 0. The van der Waals surface area contributed by atoms with Crippen LogP contribution < -0.4 is 18.9 Å². The van der Waals surface area contributed by atoms with Gasteiger partial charge in [-0.3, -0.25) is 9.59 Å². The zero-order valence-corrected chi connectivity index (χ0v) is 22.0. The molecule has 8 heteroatoms. The first kappa shape index (κ1) is 25.9. The van der Waals surface area contributed by atoms with E-state index in [0.29, 0.717) is 40.7 Å². The second-order valence-corrected chi connectivity index (χ2v) is 8.93. The van der Waals surface area contributed by atoms with Crippen LogP contribution >= 0.6 is 0 Å². The van der Waals surface area contributed by atoms with Gasteiger partial charge in [0, 0.05) is 26.2 Å². The van der Waals surface area contributed by atoms with E-state index >= 15 is 0 Å². The van der Waals surface area contributed by atoms with Gasteiger partial charge < -0.3 is 28.7 Å². The van der Waals surface area contributed by atoms with Gasteiger partial charge in [0.1, 0.15) is 0 Å². The summed E-state index contributed by atoms with van der Waals surface area (Å²) in [5, 5.41) is 0. The molecule has 0 saturated carbocycles. The minimum Gasteiger partial charge on any atom is -0.493 e. The van der Waals surface area contributed by atoms with E-state index in [1.807, 2.05) is 42.5 Å². The van der Waals surface area contributed by atoms with E-state index in [1.54, 1.807) is 56.3 Å². The van der Waals surface area contributed by atoms with Crippen molar-refractivity contribution in [2.24, 2.45) is 0 Å². The molecule has 0 aromatic heterocycles. The Labute approximate surface area is 217 Å². The molecule has 0 aliphatic carbocycles. The quantitative estimate of drug-likeness (QED) is 0.456. The van der Waals surface area contributed by atoms with Crippen molar-refractivity contribution in [1.82, 2.24) is 9.80 Å². The summed E-state index contributed by atoms with van der Waals surface area (Å²) < 4.78 is 21.9. The second kappa shape index (κ2) is 10.8. The maximum atomic E-state index is 14.2. The Morgan fingerprint density at radius 2 is 1.43 bits per heavy atom. The van der Waals surface area contributed by atoms with E-state index < -0.39 is 12.0 Å². The van der Waals surface area contributed by atoms with Crippen molar-refractivity contribution >= 4 is 11.8 Å². The molecule has 0 fully saturated rings. The van der Waals surface area contributed by atoms with Crippen LogP contribution in [0.1, 0.15) is 39.0 Å². The van der Waals surface area contributed by atoms with Gasteiger partial charge >= 0.3 is 0 Å². The molecule has 0 unspecified atom stereocenters. The predicted molar refractivity (Wildman–Crippen MR) is 140 cm³/mol. The van der Waals surface area contributed by atoms with Gasteiger partial charge in [-0.15, -0.1) is 0 Å². The first-order valence-corrected chi connectivity index (χ1v) is 11.9. The Hall–Kier alpha value is -4.20. The highest BCUT2D eigenvalue weighted by Crippen LogP contribution is 2.47. The van der Waals surface area contributed by atoms with Crippen molar-refractivity contribution in [1.29, 1.82) is 0 Å². The summed E-state index contributed by atoms with van der Waals surface area (Å²) in [5.41, 5.74) is 2.75. The second-order valence-electron chi connectivity index (χ2n) is 8.93. The molecule has 3 aromatic rings. The molecule has 0 spiro atoms. The fourth-order valence-corrected chi connectivity index (χ4v) is 4.94. The van der Waals surface area contributed by atoms with E-state index in [2.05, 4.69) is 0 Å². The van der Waals surface area contributed by atoms with Crippen molar-refractivity contribution in [2.75, 3.05) is 42.5 Å². The summed E-state index contributed by atoms with van der Waals surface area (Å²) in [4.78, 5) is 31.1. The number of nitrogens with zero attached hydrogens (tertiary/aromatic N) is 2. The first-order chi connectivity index (χ1) is 17.8. The molecular formula is C29H32N2O6. The van der Waals surface area contributed by atoms with Crippen LogP contribution in [0.2, 0.25) is 0 Å². The summed E-state index contributed by atoms with van der Waals surface area (Å²) >= 11 is 0. The molecule has 2 atom stereocenters. The molecule has 0 saturated heterocycles. The lowest BCUT2D eigenvalue weighted by Gasteiger charge is -2.41. The Balaban J connectivity index is 1.88. The Morgan fingerprint density at radius 1 is 0.838 bits per heavy atom. The van der Waals surface area contributed by atoms with Gasteiger partial charge in [0.25, 0.3) is 5.91 Å². The summed E-state index contributed by atoms with van der Waals surface area (Å²) in [6.07, 6.45) is 0. The monoisotopic (exact) mass is 504 g/mol. The molecule has 0 radical (unpaired) electrons. The Bertz CT molecular complexity index is 1290. The van der Waals surface area contributed by atoms with Gasteiger partial charge in [0.2, 0.25) is 5.91 Å². The molecule has 194 valence electrons. The number of carbonyl (C=O) groups is 2. The summed E-state index contributed by atoms with van der Waals surface area (Å²) in [6, 6.07) is 18.0. The van der Waals surface area contributed by atoms with Gasteiger partial charge in [0.15, 0.2) is 23.0 Å². The van der Waals surface area contributed by atoms with Crippen molar-refractivity contribution in [3.63, 3.8) is 0 Å². The van der Waals surface area contributed by atoms with Gasteiger partial charge in [-0.1, -0.05) is 36.4 Å². The fourth-order valence-electron chi connectivity index (χ4n) is 4.94. The van der Waals surface area contributed by atoms with Crippen LogP contribution in [0.4, 0.5) is 0 Å². The van der Waals surface area contributed by atoms with Crippen LogP contribution in [-0.2, 0) is 11.3 Å². The van der Waals surface area contributed by atoms with Crippen LogP contribution in [0, 0.1) is 0 Å². The Kier molecular flexibility index (Phi) is 7.57. The molecule has 0 N–H and O–H groups in total. The van der Waals surface area contributed by atoms with Gasteiger partial charge in [-0.25, -0.2) is 0 Å². The lowest BCUT2D eigenvalue weighted by Crippen LogP contribution is -2.46. The molecule has 3 aromatic carbocycles. The molecule has 2 amide bonds. The molecule has 37 heavy (non-hydrogen) atoms. The summed E-state index contributed by atoms with van der Waals surface area (Å²) in [6.45, 7) is 0.426. The van der Waals surface area contributed by atoms with E-state index in [0.717, 1.165) is 11.1 Å². The number of rotatable bonds is 8. The average molecular weight is 505 g/mol. The van der Waals surface area contributed by atoms with Crippen molar-refractivity contribution in [2.45, 2.75) is 18.5 Å². The lowest BCUT2D eigenvalue weighted by atomic mass is 9.78. The van der Waals surface area contributed by atoms with Crippen molar-refractivity contribution < 1.29 is 28.5 Å². The van der Waals surface area contributed by atoms with Crippen LogP contribution in [0.3, 0.4) is 0 Å². The number of hydrogen-bond acceptors (Lipinski definition) is 6. The number of likely N-dealkylation sites (N-methyl/N-ethyl adjacent to an activating group) is 2. The van der Waals surface area contributed by atoms with Crippen LogP contribution in [0.5, 0.6) is 23.0 Å². The van der Waals surface area contributed by atoms with E-state index in [1.165, 1.54) is 14.2 Å². The third kappa shape index (κ3) is 4.79. The predicted octanol–water partition coefficient (Wildman–Crippen LogP) is 4.29. The average Bonchev–Trinajstić information content (AvgIpc) is 2.93. The molecule has 1 aliphatic heterocycles. The normalized spacial score (nSPS) is 16.6. The largest absolute Gasteiger partial charge is 0.493 e. The zero-order valence-electron chi connectivity index (χ0n) is 22.0. The maximum Gasteiger partial charge on any atom is 0.254 e. The number of ether oxygens (including phenoxy) is 4. The molecule has 1 heterocycles. The molecular weight excluding hydrogens is 472 g/mol. The number of fused-ring (bicyclic) bond motifs is 1. The first-order valence-electron chi connectivity index (χ1n) is 11.9.